The molecule has 1 aliphatic heterocycles. The van der Waals surface area contributed by atoms with E-state index < -0.39 is 11.8 Å². The minimum Gasteiger partial charge on any atom is -0.488 e. The Morgan fingerprint density at radius 2 is 1.78 bits per heavy atom. The van der Waals surface area contributed by atoms with E-state index in [1.807, 2.05) is 32.0 Å². The van der Waals surface area contributed by atoms with E-state index in [1.54, 1.807) is 30.3 Å². The van der Waals surface area contributed by atoms with Gasteiger partial charge in [-0.05, 0) is 81.1 Å². The van der Waals surface area contributed by atoms with Gasteiger partial charge in [0.25, 0.3) is 11.8 Å². The van der Waals surface area contributed by atoms with Crippen LogP contribution in [0.4, 0.5) is 5.69 Å². The van der Waals surface area contributed by atoms with Crippen LogP contribution in [0, 0.1) is 0 Å². The second kappa shape index (κ2) is 8.27. The number of amides is 2. The van der Waals surface area contributed by atoms with Gasteiger partial charge in [0.1, 0.15) is 11.3 Å². The molecule has 140 valence electrons. The van der Waals surface area contributed by atoms with Gasteiger partial charge in [0.2, 0.25) is 0 Å². The molecule has 5 nitrogen and oxygen atoms in total. The summed E-state index contributed by atoms with van der Waals surface area (Å²) < 4.78 is 7.39. The number of para-hydroxylation sites is 1. The Balaban J connectivity index is 1.90. The molecule has 1 aliphatic rings. The molecule has 3 rings (SSSR count). The van der Waals surface area contributed by atoms with E-state index in [0.29, 0.717) is 17.0 Å². The Morgan fingerprint density at radius 1 is 1.15 bits per heavy atom. The van der Waals surface area contributed by atoms with Crippen LogP contribution >= 0.6 is 31.9 Å². The maximum absolute atomic E-state index is 12.7. The maximum Gasteiger partial charge on any atom is 0.282 e. The van der Waals surface area contributed by atoms with Crippen molar-refractivity contribution in [1.82, 2.24) is 5.43 Å². The lowest BCUT2D eigenvalue weighted by Gasteiger charge is -2.16. The average Bonchev–Trinajstić information content (AvgIpc) is 2.93. The van der Waals surface area contributed by atoms with Crippen molar-refractivity contribution in [2.45, 2.75) is 26.4 Å². The van der Waals surface area contributed by atoms with Crippen LogP contribution in [0.5, 0.6) is 5.75 Å². The largest absolute Gasteiger partial charge is 0.488 e. The molecule has 0 radical (unpaired) electrons. The summed E-state index contributed by atoms with van der Waals surface area (Å²) in [5, 5.41) is 1.25. The highest BCUT2D eigenvalue weighted by Crippen LogP contribution is 2.36. The summed E-state index contributed by atoms with van der Waals surface area (Å²) in [6.07, 6.45) is 2.53. The highest BCUT2D eigenvalue weighted by Gasteiger charge is 2.34. The summed E-state index contributed by atoms with van der Waals surface area (Å²) in [7, 11) is 0. The van der Waals surface area contributed by atoms with Crippen molar-refractivity contribution in [1.29, 1.82) is 0 Å². The van der Waals surface area contributed by atoms with Crippen LogP contribution in [0.15, 0.2) is 57.0 Å². The number of ether oxygens (including phenoxy) is 1. The monoisotopic (exact) mass is 492 g/mol. The Hall–Kier alpha value is -2.12. The van der Waals surface area contributed by atoms with Gasteiger partial charge in [0.05, 0.1) is 20.7 Å². The van der Waals surface area contributed by atoms with Crippen LogP contribution in [0.3, 0.4) is 0 Å². The first-order valence-electron chi connectivity index (χ1n) is 8.48. The lowest BCUT2D eigenvalue weighted by Crippen LogP contribution is -2.35. The van der Waals surface area contributed by atoms with Gasteiger partial charge in [0, 0.05) is 0 Å². The van der Waals surface area contributed by atoms with E-state index in [2.05, 4.69) is 37.3 Å². The van der Waals surface area contributed by atoms with Gasteiger partial charge in [-0.2, -0.15) is 0 Å². The first kappa shape index (κ1) is 19.6. The van der Waals surface area contributed by atoms with Crippen molar-refractivity contribution >= 4 is 55.4 Å². The molecular formula is C20H18Br2N2O3. The summed E-state index contributed by atoms with van der Waals surface area (Å²) in [5.41, 5.74) is 3.99. The summed E-state index contributed by atoms with van der Waals surface area (Å²) in [6.45, 7) is 4.04. The van der Waals surface area contributed by atoms with E-state index in [-0.39, 0.29) is 11.7 Å². The third-order valence-corrected chi connectivity index (χ3v) is 5.31. The molecule has 0 aliphatic carbocycles. The smallest absolute Gasteiger partial charge is 0.282 e. The molecule has 1 saturated heterocycles. The lowest BCUT2D eigenvalue weighted by molar-refractivity contribution is -0.117. The molecule has 1 fully saturated rings. The number of carbonyl (C=O) groups excluding carboxylic acids is 2. The van der Waals surface area contributed by atoms with Crippen LogP contribution in [-0.4, -0.2) is 17.9 Å². The van der Waals surface area contributed by atoms with Crippen molar-refractivity contribution < 1.29 is 14.3 Å². The first-order valence-corrected chi connectivity index (χ1v) is 10.1. The molecule has 0 aromatic heterocycles. The number of nitrogens with zero attached hydrogens (tertiary/aromatic N) is 1. The van der Waals surface area contributed by atoms with Gasteiger partial charge >= 0.3 is 0 Å². The standard InChI is InChI=1S/C20H18Br2N2O3/c1-3-12(2)27-18-16(21)10-13(11-17(18)22)9-15-19(25)23-24(20(15)26)14-7-5-4-6-8-14/h4-12H,3H2,1-2H3,(H,23,25)/b15-9-/t12-/m1/s1. The fraction of sp³-hybridized carbons (Fsp3) is 0.200. The second-order valence-corrected chi connectivity index (χ2v) is 7.83. The van der Waals surface area contributed by atoms with Gasteiger partial charge in [-0.1, -0.05) is 25.1 Å². The number of benzene rings is 2. The van der Waals surface area contributed by atoms with Gasteiger partial charge in [0.15, 0.2) is 0 Å². The van der Waals surface area contributed by atoms with Crippen molar-refractivity contribution in [2.75, 3.05) is 5.01 Å². The Morgan fingerprint density at radius 3 is 2.37 bits per heavy atom. The third kappa shape index (κ3) is 4.25. The van der Waals surface area contributed by atoms with E-state index in [9.17, 15) is 9.59 Å². The number of hydrogen-bond acceptors (Lipinski definition) is 3. The fourth-order valence-corrected chi connectivity index (χ4v) is 3.95. The zero-order chi connectivity index (χ0) is 19.6. The molecule has 1 N–H and O–H groups in total. The molecule has 2 amide bonds. The molecule has 0 saturated carbocycles. The summed E-state index contributed by atoms with van der Waals surface area (Å²) >= 11 is 7.01. The predicted octanol–water partition coefficient (Wildman–Crippen LogP) is 4.85. The highest BCUT2D eigenvalue weighted by atomic mass is 79.9. The average molecular weight is 494 g/mol. The van der Waals surface area contributed by atoms with Gasteiger partial charge in [-0.25, -0.2) is 5.01 Å². The maximum atomic E-state index is 12.7. The third-order valence-electron chi connectivity index (χ3n) is 4.13. The van der Waals surface area contributed by atoms with Crippen LogP contribution < -0.4 is 15.2 Å². The normalized spacial score (nSPS) is 16.6. The Kier molecular flexibility index (Phi) is 6.01. The minimum atomic E-state index is -0.434. The number of hydrazine groups is 1. The molecule has 1 atom stereocenters. The van der Waals surface area contributed by atoms with E-state index >= 15 is 0 Å². The number of anilines is 1. The number of carbonyl (C=O) groups is 2. The first-order chi connectivity index (χ1) is 12.9. The molecule has 7 heteroatoms. The minimum absolute atomic E-state index is 0.0726. The van der Waals surface area contributed by atoms with Gasteiger partial charge < -0.3 is 4.74 Å². The number of hydrogen-bond donors (Lipinski definition) is 1. The van der Waals surface area contributed by atoms with Crippen LogP contribution in [-0.2, 0) is 9.59 Å². The summed E-state index contributed by atoms with van der Waals surface area (Å²) in [6, 6.07) is 12.6. The van der Waals surface area contributed by atoms with E-state index in [4.69, 9.17) is 4.74 Å². The fourth-order valence-electron chi connectivity index (χ4n) is 2.54. The summed E-state index contributed by atoms with van der Waals surface area (Å²) in [4.78, 5) is 25.0. The van der Waals surface area contributed by atoms with Crippen molar-refractivity contribution in [3.8, 4) is 5.75 Å². The number of rotatable bonds is 5. The Bertz CT molecular complexity index is 890. The van der Waals surface area contributed by atoms with Crippen LogP contribution in [0.1, 0.15) is 25.8 Å². The van der Waals surface area contributed by atoms with Crippen molar-refractivity contribution in [2.24, 2.45) is 0 Å². The second-order valence-electron chi connectivity index (χ2n) is 6.13. The van der Waals surface area contributed by atoms with Crippen LogP contribution in [0.25, 0.3) is 6.08 Å². The molecule has 0 spiro atoms. The lowest BCUT2D eigenvalue weighted by atomic mass is 10.1. The topological polar surface area (TPSA) is 58.6 Å². The zero-order valence-electron chi connectivity index (χ0n) is 14.8. The van der Waals surface area contributed by atoms with E-state index in [0.717, 1.165) is 15.4 Å². The summed E-state index contributed by atoms with van der Waals surface area (Å²) in [5.74, 6) is -0.131. The van der Waals surface area contributed by atoms with Gasteiger partial charge in [-0.3, -0.25) is 15.0 Å². The molecular weight excluding hydrogens is 476 g/mol. The molecule has 2 aromatic rings. The SMILES string of the molecule is CC[C@@H](C)Oc1c(Br)cc(/C=C2/C(=O)NN(c3ccccc3)C2=O)cc1Br. The van der Waals surface area contributed by atoms with Gasteiger partial charge in [-0.15, -0.1) is 0 Å². The molecule has 0 bridgehead atoms. The van der Waals surface area contributed by atoms with Crippen LogP contribution in [0.2, 0.25) is 0 Å². The molecule has 2 aromatic carbocycles. The zero-order valence-corrected chi connectivity index (χ0v) is 18.0. The molecule has 27 heavy (non-hydrogen) atoms. The molecule has 1 heterocycles. The molecule has 0 unspecified atom stereocenters. The quantitative estimate of drug-likeness (QED) is 0.478. The van der Waals surface area contributed by atoms with Crippen molar-refractivity contribution in [3.05, 3.63) is 62.5 Å². The Labute approximate surface area is 174 Å². The number of halogens is 2. The van der Waals surface area contributed by atoms with E-state index in [1.165, 1.54) is 5.01 Å². The number of nitrogens with one attached hydrogen (secondary N) is 1. The predicted molar refractivity (Wildman–Crippen MR) is 112 cm³/mol. The highest BCUT2D eigenvalue weighted by molar-refractivity contribution is 9.11. The van der Waals surface area contributed by atoms with Crippen molar-refractivity contribution in [3.63, 3.8) is 0 Å².